The van der Waals surface area contributed by atoms with Gasteiger partial charge in [0.15, 0.2) is 0 Å². The maximum atomic E-state index is 12.0. The van der Waals surface area contributed by atoms with Crippen LogP contribution in [0.15, 0.2) is 12.4 Å². The molecule has 0 aromatic carbocycles. The van der Waals surface area contributed by atoms with Gasteiger partial charge in [-0.15, -0.1) is 0 Å². The lowest BCUT2D eigenvalue weighted by atomic mass is 9.97. The highest BCUT2D eigenvalue weighted by Gasteiger charge is 2.44. The number of hydrogen-bond acceptors (Lipinski definition) is 1. The van der Waals surface area contributed by atoms with Gasteiger partial charge < -0.3 is 0 Å². The fraction of sp³-hybridized carbons (Fsp3) is 0.800. The molecule has 2 heterocycles. The molecule has 0 aliphatic carbocycles. The molecule has 0 radical (unpaired) electrons. The van der Waals surface area contributed by atoms with Crippen LogP contribution in [0.2, 0.25) is 0 Å². The van der Waals surface area contributed by atoms with Crippen molar-refractivity contribution < 1.29 is 4.39 Å². The Morgan fingerprint density at radius 3 is 3.08 bits per heavy atom. The van der Waals surface area contributed by atoms with Crippen molar-refractivity contribution in [3.8, 4) is 0 Å². The standard InChI is InChI=1S/C10H16FN/c1-10-5-2-8-12(10)9(3-6-10)4-7-11/h4,7,9H,2-3,5-6,8H2,1H3/b7-4-/t9?,10-/m0/s1. The zero-order chi connectivity index (χ0) is 8.60. The first-order valence-electron chi connectivity index (χ1n) is 4.80. The summed E-state index contributed by atoms with van der Waals surface area (Å²) >= 11 is 0. The van der Waals surface area contributed by atoms with Crippen molar-refractivity contribution in [3.63, 3.8) is 0 Å². The summed E-state index contributed by atoms with van der Waals surface area (Å²) in [6, 6.07) is 0.377. The van der Waals surface area contributed by atoms with E-state index in [0.717, 1.165) is 13.0 Å². The normalized spacial score (nSPS) is 42.7. The Morgan fingerprint density at radius 2 is 2.33 bits per heavy atom. The Bertz CT molecular complexity index is 202. The second-order valence-corrected chi connectivity index (χ2v) is 4.22. The van der Waals surface area contributed by atoms with Crippen molar-refractivity contribution in [1.29, 1.82) is 0 Å². The lowest BCUT2D eigenvalue weighted by Crippen LogP contribution is -2.38. The predicted octanol–water partition coefficient (Wildman–Crippen LogP) is 2.49. The number of nitrogens with zero attached hydrogens (tertiary/aromatic N) is 1. The first-order chi connectivity index (χ1) is 5.76. The summed E-state index contributed by atoms with van der Waals surface area (Å²) in [7, 11) is 0. The molecule has 2 saturated heterocycles. The van der Waals surface area contributed by atoms with E-state index in [9.17, 15) is 4.39 Å². The van der Waals surface area contributed by atoms with Crippen LogP contribution in [-0.2, 0) is 0 Å². The van der Waals surface area contributed by atoms with Crippen LogP contribution in [-0.4, -0.2) is 23.0 Å². The zero-order valence-electron chi connectivity index (χ0n) is 7.59. The third-order valence-corrected chi connectivity index (χ3v) is 3.48. The van der Waals surface area contributed by atoms with E-state index in [2.05, 4.69) is 11.8 Å². The van der Waals surface area contributed by atoms with E-state index >= 15 is 0 Å². The fourth-order valence-corrected chi connectivity index (χ4v) is 2.78. The summed E-state index contributed by atoms with van der Waals surface area (Å²) < 4.78 is 12.0. The number of hydrogen-bond donors (Lipinski definition) is 0. The topological polar surface area (TPSA) is 3.24 Å². The Balaban J connectivity index is 2.13. The molecular weight excluding hydrogens is 153 g/mol. The van der Waals surface area contributed by atoms with Crippen LogP contribution in [0.25, 0.3) is 0 Å². The van der Waals surface area contributed by atoms with Crippen LogP contribution in [0.5, 0.6) is 0 Å². The molecule has 68 valence electrons. The first kappa shape index (κ1) is 8.24. The monoisotopic (exact) mass is 169 g/mol. The molecule has 1 unspecified atom stereocenters. The van der Waals surface area contributed by atoms with Gasteiger partial charge >= 0.3 is 0 Å². The Hall–Kier alpha value is -0.370. The molecule has 2 aliphatic heterocycles. The van der Waals surface area contributed by atoms with E-state index in [1.807, 2.05) is 0 Å². The number of halogens is 1. The molecule has 12 heavy (non-hydrogen) atoms. The minimum absolute atomic E-state index is 0.377. The first-order valence-corrected chi connectivity index (χ1v) is 4.80. The summed E-state index contributed by atoms with van der Waals surface area (Å²) in [5, 5.41) is 0. The van der Waals surface area contributed by atoms with Crippen molar-refractivity contribution in [1.82, 2.24) is 4.90 Å². The highest BCUT2D eigenvalue weighted by molar-refractivity contribution is 5.07. The van der Waals surface area contributed by atoms with Crippen molar-refractivity contribution in [2.75, 3.05) is 6.54 Å². The minimum atomic E-state index is 0.377. The molecule has 1 nitrogen and oxygen atoms in total. The van der Waals surface area contributed by atoms with E-state index in [0.29, 0.717) is 17.9 Å². The maximum Gasteiger partial charge on any atom is 0.0842 e. The molecule has 0 bridgehead atoms. The molecule has 2 atom stereocenters. The summed E-state index contributed by atoms with van der Waals surface area (Å²) in [6.07, 6.45) is 7.36. The molecule has 0 spiro atoms. The zero-order valence-corrected chi connectivity index (χ0v) is 7.59. The molecule has 2 fully saturated rings. The van der Waals surface area contributed by atoms with Gasteiger partial charge in [-0.2, -0.15) is 0 Å². The van der Waals surface area contributed by atoms with Gasteiger partial charge in [-0.25, -0.2) is 4.39 Å². The van der Waals surface area contributed by atoms with Crippen LogP contribution in [0, 0.1) is 0 Å². The third kappa shape index (κ3) is 1.09. The van der Waals surface area contributed by atoms with E-state index < -0.39 is 0 Å². The van der Waals surface area contributed by atoms with Gasteiger partial charge in [0, 0.05) is 11.6 Å². The highest BCUT2D eigenvalue weighted by Crippen LogP contribution is 2.42. The average Bonchev–Trinajstić information content (AvgIpc) is 2.51. The van der Waals surface area contributed by atoms with Gasteiger partial charge in [-0.1, -0.05) is 0 Å². The summed E-state index contributed by atoms with van der Waals surface area (Å²) in [5.41, 5.74) is 0.393. The average molecular weight is 169 g/mol. The smallest absolute Gasteiger partial charge is 0.0842 e. The Morgan fingerprint density at radius 1 is 1.50 bits per heavy atom. The summed E-state index contributed by atoms with van der Waals surface area (Å²) in [4.78, 5) is 2.46. The number of rotatable bonds is 1. The van der Waals surface area contributed by atoms with E-state index in [4.69, 9.17) is 0 Å². The second kappa shape index (κ2) is 2.84. The van der Waals surface area contributed by atoms with Crippen molar-refractivity contribution in [3.05, 3.63) is 12.4 Å². The molecule has 2 heteroatoms. The van der Waals surface area contributed by atoms with Gasteiger partial charge in [0.1, 0.15) is 0 Å². The molecule has 2 aliphatic rings. The number of fused-ring (bicyclic) bond motifs is 1. The van der Waals surface area contributed by atoms with E-state index in [1.54, 1.807) is 6.08 Å². The van der Waals surface area contributed by atoms with Gasteiger partial charge in [0.05, 0.1) is 6.33 Å². The minimum Gasteiger partial charge on any atom is -0.291 e. The summed E-state index contributed by atoms with van der Waals surface area (Å²) in [5.74, 6) is 0. The Labute approximate surface area is 73.2 Å². The third-order valence-electron chi connectivity index (χ3n) is 3.48. The van der Waals surface area contributed by atoms with Gasteiger partial charge in [-0.05, 0) is 45.2 Å². The molecule has 0 aromatic rings. The van der Waals surface area contributed by atoms with Crippen molar-refractivity contribution in [2.45, 2.75) is 44.2 Å². The maximum absolute atomic E-state index is 12.0. The van der Waals surface area contributed by atoms with Crippen LogP contribution in [0.1, 0.15) is 32.6 Å². The fourth-order valence-electron chi connectivity index (χ4n) is 2.78. The van der Waals surface area contributed by atoms with E-state index in [1.165, 1.54) is 19.3 Å². The SMILES string of the molecule is C[C@@]12CCCN1C(/C=C\F)CC2. The van der Waals surface area contributed by atoms with Crippen LogP contribution >= 0.6 is 0 Å². The van der Waals surface area contributed by atoms with Crippen LogP contribution < -0.4 is 0 Å². The molecule has 0 saturated carbocycles. The predicted molar refractivity (Wildman–Crippen MR) is 47.6 cm³/mol. The molecule has 0 N–H and O–H groups in total. The summed E-state index contributed by atoms with van der Waals surface area (Å²) in [6.45, 7) is 3.47. The lowest BCUT2D eigenvalue weighted by molar-refractivity contribution is 0.188. The highest BCUT2D eigenvalue weighted by atomic mass is 19.1. The van der Waals surface area contributed by atoms with Gasteiger partial charge in [-0.3, -0.25) is 4.90 Å². The molecule has 2 rings (SSSR count). The molecular formula is C10H16FN. The molecule has 0 amide bonds. The quantitative estimate of drug-likeness (QED) is 0.583. The van der Waals surface area contributed by atoms with Crippen LogP contribution in [0.4, 0.5) is 4.39 Å². The van der Waals surface area contributed by atoms with Crippen molar-refractivity contribution in [2.24, 2.45) is 0 Å². The second-order valence-electron chi connectivity index (χ2n) is 4.22. The van der Waals surface area contributed by atoms with E-state index in [-0.39, 0.29) is 0 Å². The Kier molecular flexibility index (Phi) is 1.95. The lowest BCUT2D eigenvalue weighted by Gasteiger charge is -2.30. The van der Waals surface area contributed by atoms with Crippen LogP contribution in [0.3, 0.4) is 0 Å². The largest absolute Gasteiger partial charge is 0.291 e. The molecule has 0 aromatic heterocycles. The van der Waals surface area contributed by atoms with Gasteiger partial charge in [0.25, 0.3) is 0 Å². The van der Waals surface area contributed by atoms with Crippen molar-refractivity contribution >= 4 is 0 Å². The van der Waals surface area contributed by atoms with Gasteiger partial charge in [0.2, 0.25) is 0 Å².